The summed E-state index contributed by atoms with van der Waals surface area (Å²) in [6.07, 6.45) is 2.13. The summed E-state index contributed by atoms with van der Waals surface area (Å²) in [5, 5.41) is 2.92. The largest absolute Gasteiger partial charge is 0.462 e. The van der Waals surface area contributed by atoms with Crippen molar-refractivity contribution in [2.75, 3.05) is 31.6 Å². The Balaban J connectivity index is 1.25. The Kier molecular flexibility index (Phi) is 6.85. The average Bonchev–Trinajstić information content (AvgIpc) is 3.10. The van der Waals surface area contributed by atoms with E-state index in [1.165, 1.54) is 5.52 Å². The number of ether oxygens (including phenoxy) is 1. The van der Waals surface area contributed by atoms with Crippen LogP contribution in [0.5, 0.6) is 0 Å². The third-order valence-corrected chi connectivity index (χ3v) is 6.04. The monoisotopic (exact) mass is 434 g/mol. The number of benzene rings is 2. The number of anilines is 1. The van der Waals surface area contributed by atoms with Crippen molar-refractivity contribution in [1.82, 2.24) is 14.5 Å². The van der Waals surface area contributed by atoms with Crippen LogP contribution in [0.3, 0.4) is 0 Å². The second-order valence-corrected chi connectivity index (χ2v) is 8.32. The molecule has 4 rings (SSSR count). The van der Waals surface area contributed by atoms with Crippen LogP contribution in [0, 0.1) is 12.8 Å². The topological polar surface area (TPSA) is 76.5 Å². The number of nitrogens with zero attached hydrogens (tertiary/aromatic N) is 3. The van der Waals surface area contributed by atoms with E-state index in [1.54, 1.807) is 31.2 Å². The van der Waals surface area contributed by atoms with E-state index in [2.05, 4.69) is 44.9 Å². The molecule has 1 N–H and O–H groups in total. The molecule has 7 heteroatoms. The molecule has 0 saturated carbocycles. The lowest BCUT2D eigenvalue weighted by atomic mass is 9.96. The molecule has 1 aromatic heterocycles. The number of hydrogen-bond acceptors (Lipinski definition) is 5. The Hall–Kier alpha value is -3.19. The van der Waals surface area contributed by atoms with Gasteiger partial charge < -0.3 is 14.6 Å². The number of imidazole rings is 1. The molecule has 3 aromatic rings. The molecule has 7 nitrogen and oxygen atoms in total. The number of aryl methyl sites for hydroxylation is 1. The minimum atomic E-state index is -0.355. The second kappa shape index (κ2) is 9.96. The van der Waals surface area contributed by atoms with Crippen LogP contribution >= 0.6 is 0 Å². The minimum Gasteiger partial charge on any atom is -0.462 e. The molecular formula is C25H30N4O3. The molecule has 1 saturated heterocycles. The summed E-state index contributed by atoms with van der Waals surface area (Å²) < 4.78 is 7.30. The highest BCUT2D eigenvalue weighted by atomic mass is 16.5. The quantitative estimate of drug-likeness (QED) is 0.571. The molecule has 0 unspecified atom stereocenters. The number of rotatable bonds is 7. The molecule has 1 aliphatic rings. The lowest BCUT2D eigenvalue weighted by Crippen LogP contribution is -2.40. The van der Waals surface area contributed by atoms with Crippen LogP contribution in [0.4, 0.5) is 5.69 Å². The van der Waals surface area contributed by atoms with Crippen LogP contribution in [0.25, 0.3) is 11.0 Å². The fourth-order valence-corrected chi connectivity index (χ4v) is 4.32. The summed E-state index contributed by atoms with van der Waals surface area (Å²) in [6.45, 7) is 7.34. The van der Waals surface area contributed by atoms with Gasteiger partial charge in [0.2, 0.25) is 5.91 Å². The van der Waals surface area contributed by atoms with Crippen molar-refractivity contribution >= 4 is 28.6 Å². The number of likely N-dealkylation sites (tertiary alicyclic amines) is 1. The van der Waals surface area contributed by atoms with Gasteiger partial charge in [-0.3, -0.25) is 9.69 Å². The first-order chi connectivity index (χ1) is 15.5. The van der Waals surface area contributed by atoms with Crippen molar-refractivity contribution in [3.05, 3.63) is 59.9 Å². The SMILES string of the molecule is CCOC(=O)c1ccc(NC(=O)CN2CCC(Cn3c(C)nc4ccccc43)CC2)cc1. The molecule has 0 atom stereocenters. The summed E-state index contributed by atoms with van der Waals surface area (Å²) in [6, 6.07) is 15.1. The molecule has 2 heterocycles. The Labute approximate surface area is 188 Å². The summed E-state index contributed by atoms with van der Waals surface area (Å²) in [4.78, 5) is 31.1. The van der Waals surface area contributed by atoms with Gasteiger partial charge in [0.15, 0.2) is 0 Å². The van der Waals surface area contributed by atoms with Gasteiger partial charge in [-0.2, -0.15) is 0 Å². The smallest absolute Gasteiger partial charge is 0.338 e. The fourth-order valence-electron chi connectivity index (χ4n) is 4.32. The van der Waals surface area contributed by atoms with Crippen LogP contribution in [0.2, 0.25) is 0 Å². The van der Waals surface area contributed by atoms with Crippen LogP contribution in [0.15, 0.2) is 48.5 Å². The molecule has 32 heavy (non-hydrogen) atoms. The van der Waals surface area contributed by atoms with E-state index in [4.69, 9.17) is 4.74 Å². The van der Waals surface area contributed by atoms with Gasteiger partial charge in [-0.15, -0.1) is 0 Å². The standard InChI is InChI=1S/C25H30N4O3/c1-3-32-25(31)20-8-10-21(11-9-20)27-24(30)17-28-14-12-19(13-15-28)16-29-18(2)26-22-6-4-5-7-23(22)29/h4-11,19H,3,12-17H2,1-2H3,(H,27,30). The van der Waals surface area contributed by atoms with Crippen LogP contribution in [-0.4, -0.2) is 52.6 Å². The van der Waals surface area contributed by atoms with Crippen LogP contribution < -0.4 is 5.32 Å². The van der Waals surface area contributed by atoms with Gasteiger partial charge in [0, 0.05) is 12.2 Å². The highest BCUT2D eigenvalue weighted by Gasteiger charge is 2.22. The van der Waals surface area contributed by atoms with Gasteiger partial charge in [-0.1, -0.05) is 12.1 Å². The van der Waals surface area contributed by atoms with Gasteiger partial charge in [0.05, 0.1) is 29.7 Å². The highest BCUT2D eigenvalue weighted by molar-refractivity contribution is 5.94. The first-order valence-electron chi connectivity index (χ1n) is 11.2. The number of hydrogen-bond donors (Lipinski definition) is 1. The summed E-state index contributed by atoms with van der Waals surface area (Å²) in [7, 11) is 0. The maximum atomic E-state index is 12.5. The van der Waals surface area contributed by atoms with E-state index in [9.17, 15) is 9.59 Å². The van der Waals surface area contributed by atoms with Crippen LogP contribution in [-0.2, 0) is 16.1 Å². The van der Waals surface area contributed by atoms with Crippen molar-refractivity contribution in [3.63, 3.8) is 0 Å². The Morgan fingerprint density at radius 1 is 1.09 bits per heavy atom. The zero-order valence-corrected chi connectivity index (χ0v) is 18.7. The number of amides is 1. The summed E-state index contributed by atoms with van der Waals surface area (Å²) >= 11 is 0. The van der Waals surface area contributed by atoms with E-state index in [-0.39, 0.29) is 11.9 Å². The lowest BCUT2D eigenvalue weighted by Gasteiger charge is -2.31. The molecule has 0 aliphatic carbocycles. The van der Waals surface area contributed by atoms with Crippen molar-refractivity contribution in [3.8, 4) is 0 Å². The molecule has 0 bridgehead atoms. The minimum absolute atomic E-state index is 0.0382. The number of nitrogens with one attached hydrogen (secondary N) is 1. The van der Waals surface area contributed by atoms with Gasteiger partial charge >= 0.3 is 5.97 Å². The zero-order chi connectivity index (χ0) is 22.5. The van der Waals surface area contributed by atoms with E-state index >= 15 is 0 Å². The Bertz CT molecular complexity index is 1080. The molecule has 0 radical (unpaired) electrons. The third kappa shape index (κ3) is 5.16. The Morgan fingerprint density at radius 3 is 2.53 bits per heavy atom. The number of carbonyl (C=O) groups excluding carboxylic acids is 2. The predicted octanol–water partition coefficient (Wildman–Crippen LogP) is 3.87. The van der Waals surface area contributed by atoms with E-state index in [0.717, 1.165) is 43.8 Å². The predicted molar refractivity (Wildman–Crippen MR) is 125 cm³/mol. The van der Waals surface area contributed by atoms with Gasteiger partial charge in [-0.05, 0) is 82.1 Å². The average molecular weight is 435 g/mol. The first-order valence-corrected chi connectivity index (χ1v) is 11.2. The number of fused-ring (bicyclic) bond motifs is 1. The van der Waals surface area contributed by atoms with E-state index in [1.807, 2.05) is 6.07 Å². The molecular weight excluding hydrogens is 404 g/mol. The zero-order valence-electron chi connectivity index (χ0n) is 18.7. The number of piperidine rings is 1. The van der Waals surface area contributed by atoms with Crippen LogP contribution in [0.1, 0.15) is 35.9 Å². The highest BCUT2D eigenvalue weighted by Crippen LogP contribution is 2.23. The molecule has 1 aliphatic heterocycles. The van der Waals surface area contributed by atoms with E-state index in [0.29, 0.717) is 30.3 Å². The van der Waals surface area contributed by atoms with Gasteiger partial charge in [0.1, 0.15) is 5.82 Å². The third-order valence-electron chi connectivity index (χ3n) is 6.04. The maximum Gasteiger partial charge on any atom is 0.338 e. The number of esters is 1. The van der Waals surface area contributed by atoms with Crippen molar-refractivity contribution in [2.45, 2.75) is 33.2 Å². The Morgan fingerprint density at radius 2 is 1.81 bits per heavy atom. The molecule has 168 valence electrons. The number of carbonyl (C=O) groups is 2. The number of aromatic nitrogens is 2. The summed E-state index contributed by atoms with van der Waals surface area (Å²) in [5.74, 6) is 1.25. The number of para-hydroxylation sites is 2. The van der Waals surface area contributed by atoms with Crippen molar-refractivity contribution in [2.24, 2.45) is 5.92 Å². The maximum absolute atomic E-state index is 12.5. The molecule has 2 aromatic carbocycles. The van der Waals surface area contributed by atoms with Crippen molar-refractivity contribution < 1.29 is 14.3 Å². The molecule has 1 amide bonds. The fraction of sp³-hybridized carbons (Fsp3) is 0.400. The second-order valence-electron chi connectivity index (χ2n) is 8.32. The summed E-state index contributed by atoms with van der Waals surface area (Å²) in [5.41, 5.74) is 3.41. The van der Waals surface area contributed by atoms with Gasteiger partial charge in [-0.25, -0.2) is 9.78 Å². The first kappa shape index (κ1) is 22.0. The van der Waals surface area contributed by atoms with Gasteiger partial charge in [0.25, 0.3) is 0 Å². The normalized spacial score (nSPS) is 15.1. The van der Waals surface area contributed by atoms with E-state index < -0.39 is 0 Å². The van der Waals surface area contributed by atoms with Crippen molar-refractivity contribution in [1.29, 1.82) is 0 Å². The molecule has 1 fully saturated rings. The molecule has 0 spiro atoms. The lowest BCUT2D eigenvalue weighted by molar-refractivity contribution is -0.117.